The SMILES string of the molecule is COc1cc(/C=C2/SC(=O)N(CC3CCCCC3)C2=O)c(Br)cc1OCC(=O)Nc1ccc(F)cc1. The third-order valence-electron chi connectivity index (χ3n) is 6.10. The van der Waals surface area contributed by atoms with E-state index in [1.807, 2.05) is 0 Å². The predicted molar refractivity (Wildman–Crippen MR) is 140 cm³/mol. The average Bonchev–Trinajstić information content (AvgIpc) is 3.13. The number of ether oxygens (including phenoxy) is 2. The van der Waals surface area contributed by atoms with E-state index in [9.17, 15) is 18.8 Å². The molecule has 1 N–H and O–H groups in total. The fourth-order valence-electron chi connectivity index (χ4n) is 4.23. The maximum absolute atomic E-state index is 13.0. The molecule has 10 heteroatoms. The zero-order chi connectivity index (χ0) is 25.7. The molecule has 1 saturated carbocycles. The molecule has 0 radical (unpaired) electrons. The number of halogens is 2. The lowest BCUT2D eigenvalue weighted by atomic mass is 9.89. The van der Waals surface area contributed by atoms with Crippen LogP contribution in [0.4, 0.5) is 14.9 Å². The molecule has 36 heavy (non-hydrogen) atoms. The second-order valence-corrected chi connectivity index (χ2v) is 10.5. The van der Waals surface area contributed by atoms with Gasteiger partial charge in [0.25, 0.3) is 17.1 Å². The Hall–Kier alpha value is -2.85. The zero-order valence-corrected chi connectivity index (χ0v) is 22.1. The summed E-state index contributed by atoms with van der Waals surface area (Å²) in [7, 11) is 1.47. The van der Waals surface area contributed by atoms with Gasteiger partial charge in [0.2, 0.25) is 0 Å². The number of anilines is 1. The fraction of sp³-hybridized carbons (Fsp3) is 0.346. The van der Waals surface area contributed by atoms with Crippen LogP contribution >= 0.6 is 27.7 Å². The number of rotatable bonds is 8. The Balaban J connectivity index is 1.43. The minimum absolute atomic E-state index is 0.243. The molecule has 0 atom stereocenters. The van der Waals surface area contributed by atoms with Gasteiger partial charge in [-0.2, -0.15) is 0 Å². The van der Waals surface area contributed by atoms with Crippen LogP contribution in [0.1, 0.15) is 37.7 Å². The molecule has 0 aromatic heterocycles. The molecule has 3 amide bonds. The van der Waals surface area contributed by atoms with E-state index in [2.05, 4.69) is 21.2 Å². The fourth-order valence-corrected chi connectivity index (χ4v) is 5.51. The van der Waals surface area contributed by atoms with Crippen molar-refractivity contribution >= 4 is 56.5 Å². The van der Waals surface area contributed by atoms with Crippen molar-refractivity contribution in [3.05, 3.63) is 57.2 Å². The van der Waals surface area contributed by atoms with E-state index in [1.165, 1.54) is 42.7 Å². The third-order valence-corrected chi connectivity index (χ3v) is 7.69. The minimum Gasteiger partial charge on any atom is -0.493 e. The van der Waals surface area contributed by atoms with Gasteiger partial charge in [0.15, 0.2) is 18.1 Å². The van der Waals surface area contributed by atoms with Crippen LogP contribution in [0.5, 0.6) is 11.5 Å². The maximum atomic E-state index is 13.0. The molecule has 2 aliphatic rings. The highest BCUT2D eigenvalue weighted by Crippen LogP contribution is 2.39. The van der Waals surface area contributed by atoms with Crippen LogP contribution in [0, 0.1) is 11.7 Å². The van der Waals surface area contributed by atoms with Gasteiger partial charge in [0.05, 0.1) is 12.0 Å². The molecule has 0 bridgehead atoms. The number of methoxy groups -OCH3 is 1. The molecule has 190 valence electrons. The van der Waals surface area contributed by atoms with Gasteiger partial charge in [-0.3, -0.25) is 19.3 Å². The first-order valence-electron chi connectivity index (χ1n) is 11.6. The van der Waals surface area contributed by atoms with E-state index in [-0.39, 0.29) is 17.8 Å². The Morgan fingerprint density at radius 3 is 2.58 bits per heavy atom. The van der Waals surface area contributed by atoms with E-state index in [0.717, 1.165) is 37.4 Å². The predicted octanol–water partition coefficient (Wildman–Crippen LogP) is 6.23. The van der Waals surface area contributed by atoms with Crippen molar-refractivity contribution in [2.75, 3.05) is 25.6 Å². The normalized spacial score (nSPS) is 17.5. The van der Waals surface area contributed by atoms with Gasteiger partial charge in [0.1, 0.15) is 5.82 Å². The van der Waals surface area contributed by atoms with E-state index in [0.29, 0.717) is 44.6 Å². The largest absolute Gasteiger partial charge is 0.493 e. The van der Waals surface area contributed by atoms with E-state index in [1.54, 1.807) is 18.2 Å². The molecular formula is C26H26BrFN2O5S. The molecular weight excluding hydrogens is 551 g/mol. The first-order valence-corrected chi connectivity index (χ1v) is 13.3. The topological polar surface area (TPSA) is 84.9 Å². The number of nitrogens with one attached hydrogen (secondary N) is 1. The number of imide groups is 1. The zero-order valence-electron chi connectivity index (χ0n) is 19.7. The molecule has 1 aliphatic carbocycles. The molecule has 0 unspecified atom stereocenters. The second kappa shape index (κ2) is 11.9. The van der Waals surface area contributed by atoms with Gasteiger partial charge in [-0.25, -0.2) is 4.39 Å². The first kappa shape index (κ1) is 26.2. The van der Waals surface area contributed by atoms with Crippen molar-refractivity contribution in [3.8, 4) is 11.5 Å². The van der Waals surface area contributed by atoms with E-state index < -0.39 is 11.7 Å². The van der Waals surface area contributed by atoms with Crippen molar-refractivity contribution in [2.45, 2.75) is 32.1 Å². The minimum atomic E-state index is -0.421. The van der Waals surface area contributed by atoms with Crippen LogP contribution < -0.4 is 14.8 Å². The average molecular weight is 577 g/mol. The molecule has 2 fully saturated rings. The van der Waals surface area contributed by atoms with E-state index in [4.69, 9.17) is 9.47 Å². The van der Waals surface area contributed by atoms with Crippen molar-refractivity contribution in [1.82, 2.24) is 4.90 Å². The summed E-state index contributed by atoms with van der Waals surface area (Å²) in [6, 6.07) is 8.72. The Bertz CT molecular complexity index is 1180. The van der Waals surface area contributed by atoms with Crippen LogP contribution in [0.25, 0.3) is 6.08 Å². The maximum Gasteiger partial charge on any atom is 0.293 e. The van der Waals surface area contributed by atoms with Gasteiger partial charge in [-0.05, 0) is 78.6 Å². The summed E-state index contributed by atoms with van der Waals surface area (Å²) in [5.41, 5.74) is 1.09. The highest BCUT2D eigenvalue weighted by Gasteiger charge is 2.36. The van der Waals surface area contributed by atoms with Crippen LogP contribution in [0.2, 0.25) is 0 Å². The van der Waals surface area contributed by atoms with Crippen molar-refractivity contribution in [3.63, 3.8) is 0 Å². The Morgan fingerprint density at radius 2 is 1.89 bits per heavy atom. The smallest absolute Gasteiger partial charge is 0.293 e. The number of hydrogen-bond acceptors (Lipinski definition) is 6. The highest BCUT2D eigenvalue weighted by atomic mass is 79.9. The lowest BCUT2D eigenvalue weighted by molar-refractivity contribution is -0.123. The molecule has 2 aromatic carbocycles. The summed E-state index contributed by atoms with van der Waals surface area (Å²) in [6.45, 7) is 0.179. The molecule has 0 spiro atoms. The summed E-state index contributed by atoms with van der Waals surface area (Å²) in [6.07, 6.45) is 7.26. The number of amides is 3. The molecule has 1 heterocycles. The molecule has 1 aliphatic heterocycles. The monoisotopic (exact) mass is 576 g/mol. The number of carbonyl (C=O) groups excluding carboxylic acids is 3. The van der Waals surface area contributed by atoms with Crippen molar-refractivity contribution in [1.29, 1.82) is 0 Å². The van der Waals surface area contributed by atoms with Gasteiger partial charge < -0.3 is 14.8 Å². The quantitative estimate of drug-likeness (QED) is 0.375. The van der Waals surface area contributed by atoms with Crippen LogP contribution in [-0.2, 0) is 9.59 Å². The van der Waals surface area contributed by atoms with Crippen LogP contribution in [0.15, 0.2) is 45.8 Å². The summed E-state index contributed by atoms with van der Waals surface area (Å²) in [5.74, 6) is -0.0422. The molecule has 1 saturated heterocycles. The van der Waals surface area contributed by atoms with Gasteiger partial charge in [-0.1, -0.05) is 35.2 Å². The Kier molecular flexibility index (Phi) is 8.68. The Morgan fingerprint density at radius 1 is 1.17 bits per heavy atom. The number of carbonyl (C=O) groups is 3. The van der Waals surface area contributed by atoms with E-state index >= 15 is 0 Å². The number of hydrogen-bond donors (Lipinski definition) is 1. The summed E-state index contributed by atoms with van der Waals surface area (Å²) < 4.78 is 24.7. The lowest BCUT2D eigenvalue weighted by Gasteiger charge is -2.25. The third kappa shape index (κ3) is 6.47. The Labute approximate surface area is 221 Å². The molecule has 4 rings (SSSR count). The summed E-state index contributed by atoms with van der Waals surface area (Å²) in [4.78, 5) is 39.4. The molecule has 7 nitrogen and oxygen atoms in total. The number of nitrogens with zero attached hydrogens (tertiary/aromatic N) is 1. The van der Waals surface area contributed by atoms with Gasteiger partial charge in [0, 0.05) is 16.7 Å². The van der Waals surface area contributed by atoms with Crippen molar-refractivity contribution < 1.29 is 28.2 Å². The van der Waals surface area contributed by atoms with Gasteiger partial charge >= 0.3 is 0 Å². The van der Waals surface area contributed by atoms with Crippen LogP contribution in [0.3, 0.4) is 0 Å². The lowest BCUT2D eigenvalue weighted by Crippen LogP contribution is -2.34. The van der Waals surface area contributed by atoms with Gasteiger partial charge in [-0.15, -0.1) is 0 Å². The second-order valence-electron chi connectivity index (χ2n) is 8.66. The summed E-state index contributed by atoms with van der Waals surface area (Å²) >= 11 is 4.42. The van der Waals surface area contributed by atoms with Crippen molar-refractivity contribution in [2.24, 2.45) is 5.92 Å². The highest BCUT2D eigenvalue weighted by molar-refractivity contribution is 9.10. The first-order chi connectivity index (χ1) is 17.3. The number of benzene rings is 2. The summed E-state index contributed by atoms with van der Waals surface area (Å²) in [5, 5.41) is 2.38. The molecule has 2 aromatic rings. The number of thioether (sulfide) groups is 1. The standard InChI is InChI=1S/C26H26BrFN2O5S/c1-34-21-11-17(12-23-25(32)30(26(33)36-23)14-16-5-3-2-4-6-16)20(27)13-22(21)35-15-24(31)29-19-9-7-18(28)8-10-19/h7-13,16H,2-6,14-15H2,1H3,(H,29,31)/b23-12+. The van der Waals surface area contributed by atoms with Crippen LogP contribution in [-0.4, -0.2) is 42.2 Å².